The van der Waals surface area contributed by atoms with Crippen LogP contribution in [0.4, 0.5) is 11.5 Å². The number of hydrogen-bond acceptors (Lipinski definition) is 6. The van der Waals surface area contributed by atoms with Crippen molar-refractivity contribution in [2.75, 3.05) is 16.8 Å². The van der Waals surface area contributed by atoms with Crippen molar-refractivity contribution in [2.24, 2.45) is 4.99 Å². The summed E-state index contributed by atoms with van der Waals surface area (Å²) in [4.78, 5) is 22.9. The predicted octanol–water partition coefficient (Wildman–Crippen LogP) is 2.63. The number of benzene rings is 2. The Balaban J connectivity index is 1.55. The predicted molar refractivity (Wildman–Crippen MR) is 114 cm³/mol. The van der Waals surface area contributed by atoms with Crippen molar-refractivity contribution in [3.8, 4) is 0 Å². The first-order chi connectivity index (χ1) is 14.2. The van der Waals surface area contributed by atoms with E-state index in [0.29, 0.717) is 23.0 Å². The molecule has 3 heterocycles. The summed E-state index contributed by atoms with van der Waals surface area (Å²) in [5.74, 6) is 0.698. The van der Waals surface area contributed by atoms with Gasteiger partial charge in [-0.2, -0.15) is 0 Å². The number of hydrogen-bond donors (Lipinski definition) is 2. The van der Waals surface area contributed by atoms with Crippen molar-refractivity contribution in [3.63, 3.8) is 0 Å². The molecule has 0 saturated carbocycles. The fourth-order valence-electron chi connectivity index (χ4n) is 3.53. The second kappa shape index (κ2) is 7.18. The van der Waals surface area contributed by atoms with Crippen LogP contribution in [0.5, 0.6) is 0 Å². The Morgan fingerprint density at radius 2 is 2.00 bits per heavy atom. The third-order valence-electron chi connectivity index (χ3n) is 4.98. The van der Waals surface area contributed by atoms with Crippen molar-refractivity contribution in [2.45, 2.75) is 13.1 Å². The van der Waals surface area contributed by atoms with Crippen LogP contribution < -0.4 is 20.8 Å². The summed E-state index contributed by atoms with van der Waals surface area (Å²) in [5, 5.41) is 5.88. The van der Waals surface area contributed by atoms with Crippen molar-refractivity contribution < 1.29 is 0 Å². The van der Waals surface area contributed by atoms with Crippen molar-refractivity contribution in [3.05, 3.63) is 76.3 Å². The second-order valence-corrected chi connectivity index (χ2v) is 7.22. The van der Waals surface area contributed by atoms with Crippen LogP contribution in [-0.2, 0) is 0 Å². The molecule has 0 fully saturated rings. The van der Waals surface area contributed by atoms with Gasteiger partial charge in [0, 0.05) is 17.1 Å². The van der Waals surface area contributed by atoms with Crippen molar-refractivity contribution in [1.29, 1.82) is 0 Å². The third kappa shape index (κ3) is 3.19. The molecule has 0 aliphatic carbocycles. The van der Waals surface area contributed by atoms with Gasteiger partial charge in [0.15, 0.2) is 11.5 Å². The van der Waals surface area contributed by atoms with Gasteiger partial charge >= 0.3 is 0 Å². The highest BCUT2D eigenvalue weighted by molar-refractivity contribution is 6.30. The lowest BCUT2D eigenvalue weighted by molar-refractivity contribution is 0.691. The molecular formula is C21H18ClN7. The lowest BCUT2D eigenvalue weighted by Gasteiger charge is -2.31. The molecule has 2 aromatic carbocycles. The molecule has 1 aliphatic rings. The average molecular weight is 404 g/mol. The van der Waals surface area contributed by atoms with Crippen LogP contribution in [0.15, 0.2) is 60.1 Å². The van der Waals surface area contributed by atoms with Crippen LogP contribution in [-0.4, -0.2) is 32.6 Å². The Morgan fingerprint density at radius 1 is 1.10 bits per heavy atom. The van der Waals surface area contributed by atoms with E-state index < -0.39 is 0 Å². The fourth-order valence-corrected chi connectivity index (χ4v) is 3.75. The number of aromatic nitrogens is 4. The molecule has 5 rings (SSSR count). The van der Waals surface area contributed by atoms with E-state index in [2.05, 4.69) is 55.4 Å². The van der Waals surface area contributed by atoms with Gasteiger partial charge in [0.2, 0.25) is 0 Å². The minimum absolute atomic E-state index is 0.171. The number of nitrogens with one attached hydrogen (secondary N) is 2. The smallest absolute Gasteiger partial charge is 0.182 e. The molecule has 0 radical (unpaired) electrons. The first kappa shape index (κ1) is 17.6. The molecule has 29 heavy (non-hydrogen) atoms. The SMILES string of the molecule is Cc1ccccc1N1C=c2c(Cl)cccc2=NC1CNc1ncnc2nc[nH]c12. The van der Waals surface area contributed by atoms with E-state index in [1.165, 1.54) is 6.33 Å². The maximum atomic E-state index is 6.45. The number of aromatic amines is 1. The zero-order valence-electron chi connectivity index (χ0n) is 15.7. The zero-order chi connectivity index (χ0) is 19.8. The lowest BCUT2D eigenvalue weighted by atomic mass is 10.1. The van der Waals surface area contributed by atoms with Gasteiger partial charge in [-0.3, -0.25) is 4.99 Å². The van der Waals surface area contributed by atoms with Gasteiger partial charge in [0.25, 0.3) is 0 Å². The number of para-hydroxylation sites is 1. The van der Waals surface area contributed by atoms with Crippen LogP contribution in [0.25, 0.3) is 17.4 Å². The van der Waals surface area contributed by atoms with Gasteiger partial charge < -0.3 is 15.2 Å². The van der Waals surface area contributed by atoms with Gasteiger partial charge in [-0.15, -0.1) is 0 Å². The molecule has 1 unspecified atom stereocenters. The number of nitrogens with zero attached hydrogens (tertiary/aromatic N) is 5. The van der Waals surface area contributed by atoms with Crippen LogP contribution in [0.2, 0.25) is 5.02 Å². The highest BCUT2D eigenvalue weighted by Gasteiger charge is 2.21. The van der Waals surface area contributed by atoms with Crippen LogP contribution in [0, 0.1) is 6.92 Å². The quantitative estimate of drug-likeness (QED) is 0.547. The monoisotopic (exact) mass is 403 g/mol. The zero-order valence-corrected chi connectivity index (χ0v) is 16.4. The molecule has 8 heteroatoms. The molecular weight excluding hydrogens is 386 g/mol. The number of rotatable bonds is 4. The highest BCUT2D eigenvalue weighted by atomic mass is 35.5. The number of H-pyrrole nitrogens is 1. The van der Waals surface area contributed by atoms with Gasteiger partial charge in [0.1, 0.15) is 18.0 Å². The summed E-state index contributed by atoms with van der Waals surface area (Å²) < 4.78 is 0. The number of anilines is 2. The molecule has 1 aliphatic heterocycles. The molecule has 7 nitrogen and oxygen atoms in total. The molecule has 1 atom stereocenters. The number of aryl methyl sites for hydroxylation is 1. The molecule has 4 aromatic rings. The summed E-state index contributed by atoms with van der Waals surface area (Å²) >= 11 is 6.45. The van der Waals surface area contributed by atoms with Crippen molar-refractivity contribution in [1.82, 2.24) is 19.9 Å². The Morgan fingerprint density at radius 3 is 2.90 bits per heavy atom. The maximum Gasteiger partial charge on any atom is 0.182 e. The third-order valence-corrected chi connectivity index (χ3v) is 5.31. The van der Waals surface area contributed by atoms with E-state index in [1.807, 2.05) is 30.3 Å². The maximum absolute atomic E-state index is 6.45. The van der Waals surface area contributed by atoms with Gasteiger partial charge in [-0.05, 0) is 30.7 Å². The summed E-state index contributed by atoms with van der Waals surface area (Å²) in [7, 11) is 0. The molecule has 0 amide bonds. The Hall–Kier alpha value is -3.45. The number of halogens is 1. The molecule has 0 bridgehead atoms. The number of imidazole rings is 1. The normalized spacial score (nSPS) is 15.5. The summed E-state index contributed by atoms with van der Waals surface area (Å²) in [6.45, 7) is 2.64. The van der Waals surface area contributed by atoms with E-state index in [-0.39, 0.29) is 6.17 Å². The molecule has 144 valence electrons. The Kier molecular flexibility index (Phi) is 4.37. The second-order valence-electron chi connectivity index (χ2n) is 6.81. The van der Waals surface area contributed by atoms with Crippen LogP contribution in [0.1, 0.15) is 5.56 Å². The van der Waals surface area contributed by atoms with Crippen molar-refractivity contribution >= 4 is 40.5 Å². The van der Waals surface area contributed by atoms with Gasteiger partial charge in [-0.1, -0.05) is 35.9 Å². The van der Waals surface area contributed by atoms with E-state index in [1.54, 1.807) is 6.33 Å². The molecule has 0 spiro atoms. The average Bonchev–Trinajstić information content (AvgIpc) is 3.22. The van der Waals surface area contributed by atoms with Crippen LogP contribution in [0.3, 0.4) is 0 Å². The van der Waals surface area contributed by atoms with Crippen LogP contribution >= 0.6 is 11.6 Å². The lowest BCUT2D eigenvalue weighted by Crippen LogP contribution is -2.45. The largest absolute Gasteiger partial charge is 0.364 e. The first-order valence-corrected chi connectivity index (χ1v) is 9.64. The number of fused-ring (bicyclic) bond motifs is 2. The summed E-state index contributed by atoms with van der Waals surface area (Å²) in [5.41, 5.74) is 3.65. The molecule has 2 N–H and O–H groups in total. The topological polar surface area (TPSA) is 82.1 Å². The standard InChI is InChI=1S/C21H18ClN7/c1-13-5-2-3-8-17(13)29-10-14-15(22)6-4-7-16(14)28-18(29)9-23-20-19-21(25-11-24-19)27-12-26-20/h2-8,10-12,18H,9H2,1H3,(H2,23,24,25,26,27). The summed E-state index contributed by atoms with van der Waals surface area (Å²) in [6.07, 6.45) is 5.02. The van der Waals surface area contributed by atoms with Gasteiger partial charge in [0.05, 0.1) is 23.3 Å². The van der Waals surface area contributed by atoms with E-state index >= 15 is 0 Å². The van der Waals surface area contributed by atoms with Gasteiger partial charge in [-0.25, -0.2) is 15.0 Å². The fraction of sp³-hybridized carbons (Fsp3) is 0.143. The molecule has 0 saturated heterocycles. The van der Waals surface area contributed by atoms with E-state index in [0.717, 1.165) is 27.3 Å². The Bertz CT molecular complexity index is 1310. The Labute approximate surface area is 171 Å². The minimum Gasteiger partial charge on any atom is -0.364 e. The first-order valence-electron chi connectivity index (χ1n) is 9.27. The van der Waals surface area contributed by atoms with E-state index in [9.17, 15) is 0 Å². The van der Waals surface area contributed by atoms with E-state index in [4.69, 9.17) is 16.6 Å². The highest BCUT2D eigenvalue weighted by Crippen LogP contribution is 2.24. The summed E-state index contributed by atoms with van der Waals surface area (Å²) in [6, 6.07) is 14.0. The molecule has 2 aromatic heterocycles. The minimum atomic E-state index is -0.171.